The van der Waals surface area contributed by atoms with Gasteiger partial charge in [0.1, 0.15) is 6.04 Å². The molecule has 0 aliphatic carbocycles. The third-order valence-electron chi connectivity index (χ3n) is 4.44. The molecule has 0 heterocycles. The van der Waals surface area contributed by atoms with Crippen molar-refractivity contribution in [2.75, 3.05) is 18.8 Å². The van der Waals surface area contributed by atoms with Crippen molar-refractivity contribution >= 4 is 35.2 Å². The van der Waals surface area contributed by atoms with Crippen molar-refractivity contribution in [3.05, 3.63) is 70.7 Å². The molecule has 0 aromatic heterocycles. The van der Waals surface area contributed by atoms with E-state index in [2.05, 4.69) is 5.32 Å². The first-order valence-corrected chi connectivity index (χ1v) is 11.0. The van der Waals surface area contributed by atoms with Crippen LogP contribution in [0, 0.1) is 0 Å². The molecule has 0 fully saturated rings. The van der Waals surface area contributed by atoms with Gasteiger partial charge >= 0.3 is 0 Å². The lowest BCUT2D eigenvalue weighted by Gasteiger charge is -2.28. The van der Waals surface area contributed by atoms with E-state index in [9.17, 15) is 9.59 Å². The summed E-state index contributed by atoms with van der Waals surface area (Å²) < 4.78 is 0. The van der Waals surface area contributed by atoms with E-state index in [4.69, 9.17) is 11.6 Å². The van der Waals surface area contributed by atoms with Crippen LogP contribution in [0.5, 0.6) is 0 Å². The quantitative estimate of drug-likeness (QED) is 0.630. The molecule has 2 aromatic rings. The van der Waals surface area contributed by atoms with Crippen LogP contribution in [0.4, 0.5) is 0 Å². The van der Waals surface area contributed by atoms with Crippen molar-refractivity contribution in [1.82, 2.24) is 10.2 Å². The first kappa shape index (κ1) is 22.3. The highest BCUT2D eigenvalue weighted by Crippen LogP contribution is 2.21. The number of carbonyl (C=O) groups excluding carboxylic acids is 2. The standard InChI is InChI=1S/C22H27ClN2O2S/c1-3-24-22(27)17(2)25(14-13-18-9-5-4-6-10-18)21(26)16-28-15-19-11-7-8-12-20(19)23/h4-12,17H,3,13-16H2,1-2H3,(H,24,27)/t17-/m1/s1. The molecule has 1 atom stereocenters. The van der Waals surface area contributed by atoms with E-state index >= 15 is 0 Å². The highest BCUT2D eigenvalue weighted by atomic mass is 35.5. The van der Waals surface area contributed by atoms with Crippen LogP contribution in [0.1, 0.15) is 25.0 Å². The van der Waals surface area contributed by atoms with Crippen molar-refractivity contribution in [1.29, 1.82) is 0 Å². The molecule has 1 N–H and O–H groups in total. The number of nitrogens with zero attached hydrogens (tertiary/aromatic N) is 1. The van der Waals surface area contributed by atoms with Crippen LogP contribution in [0.25, 0.3) is 0 Å². The van der Waals surface area contributed by atoms with E-state index in [1.54, 1.807) is 11.8 Å². The van der Waals surface area contributed by atoms with E-state index in [0.29, 0.717) is 36.0 Å². The number of hydrogen-bond donors (Lipinski definition) is 1. The first-order valence-electron chi connectivity index (χ1n) is 9.45. The van der Waals surface area contributed by atoms with Gasteiger partial charge in [-0.2, -0.15) is 0 Å². The Labute approximate surface area is 176 Å². The Balaban J connectivity index is 1.98. The molecule has 2 amide bonds. The second kappa shape index (κ2) is 11.8. The van der Waals surface area contributed by atoms with Gasteiger partial charge in [-0.05, 0) is 37.5 Å². The molecule has 6 heteroatoms. The van der Waals surface area contributed by atoms with Crippen LogP contribution in [-0.2, 0) is 21.8 Å². The van der Waals surface area contributed by atoms with Crippen LogP contribution in [0.3, 0.4) is 0 Å². The summed E-state index contributed by atoms with van der Waals surface area (Å²) in [7, 11) is 0. The second-order valence-corrected chi connectivity index (χ2v) is 7.87. The predicted octanol–water partition coefficient (Wildman–Crippen LogP) is 4.17. The fraction of sp³-hybridized carbons (Fsp3) is 0.364. The minimum atomic E-state index is -0.503. The fourth-order valence-corrected chi connectivity index (χ4v) is 4.03. The SMILES string of the molecule is CCNC(=O)[C@@H](C)N(CCc1ccccc1)C(=O)CSCc1ccccc1Cl. The van der Waals surface area contributed by atoms with E-state index < -0.39 is 6.04 Å². The molecule has 0 saturated carbocycles. The van der Waals surface area contributed by atoms with Crippen molar-refractivity contribution in [3.8, 4) is 0 Å². The Morgan fingerprint density at radius 3 is 2.46 bits per heavy atom. The molecule has 0 saturated heterocycles. The Hall–Kier alpha value is -1.98. The number of thioether (sulfide) groups is 1. The van der Waals surface area contributed by atoms with Crippen molar-refractivity contribution in [3.63, 3.8) is 0 Å². The summed E-state index contributed by atoms with van der Waals surface area (Å²) in [5.74, 6) is 0.809. The summed E-state index contributed by atoms with van der Waals surface area (Å²) in [6, 6.07) is 17.1. The zero-order chi connectivity index (χ0) is 20.4. The molecule has 2 aromatic carbocycles. The Bertz CT molecular complexity index is 770. The van der Waals surface area contributed by atoms with Crippen LogP contribution in [0.15, 0.2) is 54.6 Å². The summed E-state index contributed by atoms with van der Waals surface area (Å²) in [4.78, 5) is 26.9. The number of carbonyl (C=O) groups is 2. The zero-order valence-corrected chi connectivity index (χ0v) is 17.9. The highest BCUT2D eigenvalue weighted by molar-refractivity contribution is 7.99. The van der Waals surface area contributed by atoms with Gasteiger partial charge in [-0.1, -0.05) is 60.1 Å². The average molecular weight is 419 g/mol. The van der Waals surface area contributed by atoms with Crippen LogP contribution < -0.4 is 5.32 Å². The zero-order valence-electron chi connectivity index (χ0n) is 16.4. The maximum atomic E-state index is 12.9. The highest BCUT2D eigenvalue weighted by Gasteiger charge is 2.25. The van der Waals surface area contributed by atoms with E-state index in [1.165, 1.54) is 11.8 Å². The maximum absolute atomic E-state index is 12.9. The number of likely N-dealkylation sites (N-methyl/N-ethyl adjacent to an activating group) is 1. The Morgan fingerprint density at radius 1 is 1.11 bits per heavy atom. The number of benzene rings is 2. The number of hydrogen-bond acceptors (Lipinski definition) is 3. The fourth-order valence-electron chi connectivity index (χ4n) is 2.84. The molecule has 2 rings (SSSR count). The predicted molar refractivity (Wildman–Crippen MR) is 118 cm³/mol. The van der Waals surface area contributed by atoms with Gasteiger partial charge < -0.3 is 10.2 Å². The molecule has 0 aliphatic heterocycles. The van der Waals surface area contributed by atoms with Gasteiger partial charge in [0.2, 0.25) is 11.8 Å². The minimum Gasteiger partial charge on any atom is -0.355 e. The lowest BCUT2D eigenvalue weighted by molar-refractivity contribution is -0.137. The summed E-state index contributed by atoms with van der Waals surface area (Å²) in [6.45, 7) is 4.71. The van der Waals surface area contributed by atoms with Crippen molar-refractivity contribution < 1.29 is 9.59 Å². The monoisotopic (exact) mass is 418 g/mol. The molecule has 28 heavy (non-hydrogen) atoms. The van der Waals surface area contributed by atoms with E-state index in [-0.39, 0.29) is 11.8 Å². The normalized spacial score (nSPS) is 11.7. The van der Waals surface area contributed by atoms with Crippen molar-refractivity contribution in [2.45, 2.75) is 32.1 Å². The summed E-state index contributed by atoms with van der Waals surface area (Å²) >= 11 is 7.70. The van der Waals surface area contributed by atoms with Crippen molar-refractivity contribution in [2.24, 2.45) is 0 Å². The van der Waals surface area contributed by atoms with E-state index in [0.717, 1.165) is 11.1 Å². The molecule has 0 bridgehead atoms. The van der Waals surface area contributed by atoms with Gasteiger partial charge in [0.05, 0.1) is 5.75 Å². The molecule has 0 spiro atoms. The summed E-state index contributed by atoms with van der Waals surface area (Å²) in [5.41, 5.74) is 2.15. The maximum Gasteiger partial charge on any atom is 0.242 e. The van der Waals surface area contributed by atoms with Gasteiger partial charge in [-0.3, -0.25) is 9.59 Å². The Kier molecular flexibility index (Phi) is 9.38. The van der Waals surface area contributed by atoms with Gasteiger partial charge in [0.25, 0.3) is 0 Å². The molecule has 0 unspecified atom stereocenters. The number of nitrogens with one attached hydrogen (secondary N) is 1. The van der Waals surface area contributed by atoms with Crippen LogP contribution in [-0.4, -0.2) is 41.6 Å². The molecular weight excluding hydrogens is 392 g/mol. The number of halogens is 1. The molecular formula is C22H27ClN2O2S. The average Bonchev–Trinajstić information content (AvgIpc) is 2.70. The lowest BCUT2D eigenvalue weighted by Crippen LogP contribution is -2.49. The largest absolute Gasteiger partial charge is 0.355 e. The summed E-state index contributed by atoms with van der Waals surface area (Å²) in [5, 5.41) is 3.52. The Morgan fingerprint density at radius 2 is 1.79 bits per heavy atom. The second-order valence-electron chi connectivity index (χ2n) is 6.48. The number of amides is 2. The van der Waals surface area contributed by atoms with Crippen LogP contribution in [0.2, 0.25) is 5.02 Å². The molecule has 0 radical (unpaired) electrons. The number of rotatable bonds is 10. The van der Waals surface area contributed by atoms with Gasteiger partial charge in [0, 0.05) is 23.9 Å². The topological polar surface area (TPSA) is 49.4 Å². The van der Waals surface area contributed by atoms with Gasteiger partial charge in [-0.15, -0.1) is 11.8 Å². The molecule has 150 valence electrons. The van der Waals surface area contributed by atoms with Gasteiger partial charge in [0.15, 0.2) is 0 Å². The van der Waals surface area contributed by atoms with Gasteiger partial charge in [-0.25, -0.2) is 0 Å². The lowest BCUT2D eigenvalue weighted by atomic mass is 10.1. The first-order chi connectivity index (χ1) is 13.5. The smallest absolute Gasteiger partial charge is 0.242 e. The van der Waals surface area contributed by atoms with E-state index in [1.807, 2.05) is 61.5 Å². The third kappa shape index (κ3) is 6.88. The minimum absolute atomic E-state index is 0.0354. The third-order valence-corrected chi connectivity index (χ3v) is 5.78. The van der Waals surface area contributed by atoms with Crippen LogP contribution >= 0.6 is 23.4 Å². The summed E-state index contributed by atoms with van der Waals surface area (Å²) in [6.07, 6.45) is 0.714. The molecule has 0 aliphatic rings. The molecule has 4 nitrogen and oxygen atoms in total.